The van der Waals surface area contributed by atoms with Crippen molar-refractivity contribution in [1.82, 2.24) is 5.32 Å². The molecular formula is C22H20BrCl2NO2. The molecule has 1 N–H and O–H groups in total. The van der Waals surface area contributed by atoms with Crippen LogP contribution in [0.5, 0.6) is 11.5 Å². The Bertz CT molecular complexity index is 932. The highest BCUT2D eigenvalue weighted by Crippen LogP contribution is 2.37. The van der Waals surface area contributed by atoms with E-state index in [-0.39, 0.29) is 0 Å². The van der Waals surface area contributed by atoms with Crippen molar-refractivity contribution in [1.29, 1.82) is 0 Å². The second-order valence-corrected chi connectivity index (χ2v) is 7.92. The van der Waals surface area contributed by atoms with Crippen molar-refractivity contribution in [3.63, 3.8) is 0 Å². The summed E-state index contributed by atoms with van der Waals surface area (Å²) in [6.45, 7) is 1.79. The molecule has 3 rings (SSSR count). The van der Waals surface area contributed by atoms with Crippen LogP contribution >= 0.6 is 39.1 Å². The summed E-state index contributed by atoms with van der Waals surface area (Å²) in [4.78, 5) is 0. The Morgan fingerprint density at radius 3 is 2.39 bits per heavy atom. The standard InChI is InChI=1S/C22H20BrCl2NO2/c1-27-21-11-16(12-26-13-17-4-2-3-5-20(17)25)10-19(23)22(21)28-14-15-6-8-18(24)9-7-15/h2-11,26H,12-14H2,1H3. The predicted octanol–water partition coefficient (Wildman–Crippen LogP) is 6.63. The molecule has 0 aliphatic heterocycles. The van der Waals surface area contributed by atoms with E-state index in [2.05, 4.69) is 21.2 Å². The summed E-state index contributed by atoms with van der Waals surface area (Å²) >= 11 is 15.7. The molecule has 3 aromatic rings. The Morgan fingerprint density at radius 1 is 0.929 bits per heavy atom. The third kappa shape index (κ3) is 5.65. The second-order valence-electron chi connectivity index (χ2n) is 6.22. The van der Waals surface area contributed by atoms with Crippen molar-refractivity contribution in [2.75, 3.05) is 7.11 Å². The van der Waals surface area contributed by atoms with Gasteiger partial charge in [0.2, 0.25) is 0 Å². The smallest absolute Gasteiger partial charge is 0.175 e. The number of rotatable bonds is 8. The molecule has 0 bridgehead atoms. The SMILES string of the molecule is COc1cc(CNCc2ccccc2Cl)cc(Br)c1OCc1ccc(Cl)cc1. The fraction of sp³-hybridized carbons (Fsp3) is 0.182. The van der Waals surface area contributed by atoms with Gasteiger partial charge in [-0.2, -0.15) is 0 Å². The lowest BCUT2D eigenvalue weighted by molar-refractivity contribution is 0.282. The lowest BCUT2D eigenvalue weighted by Gasteiger charge is -2.15. The number of hydrogen-bond acceptors (Lipinski definition) is 3. The van der Waals surface area contributed by atoms with Gasteiger partial charge in [0.25, 0.3) is 0 Å². The van der Waals surface area contributed by atoms with Crippen LogP contribution in [0.15, 0.2) is 65.1 Å². The average molecular weight is 481 g/mol. The fourth-order valence-corrected chi connectivity index (χ4v) is 3.67. The average Bonchev–Trinajstić information content (AvgIpc) is 2.69. The third-order valence-corrected chi connectivity index (χ3v) is 5.40. The van der Waals surface area contributed by atoms with E-state index in [0.29, 0.717) is 36.2 Å². The second kappa shape index (κ2) is 10.2. The van der Waals surface area contributed by atoms with E-state index in [9.17, 15) is 0 Å². The zero-order valence-electron chi connectivity index (χ0n) is 15.3. The largest absolute Gasteiger partial charge is 0.493 e. The molecule has 3 nitrogen and oxygen atoms in total. The Labute approximate surface area is 183 Å². The summed E-state index contributed by atoms with van der Waals surface area (Å²) in [6, 6.07) is 19.4. The summed E-state index contributed by atoms with van der Waals surface area (Å²) in [7, 11) is 1.64. The Balaban J connectivity index is 1.65. The van der Waals surface area contributed by atoms with E-state index in [1.54, 1.807) is 7.11 Å². The summed E-state index contributed by atoms with van der Waals surface area (Å²) < 4.78 is 12.4. The lowest BCUT2D eigenvalue weighted by atomic mass is 10.1. The Hall–Kier alpha value is -1.72. The van der Waals surface area contributed by atoms with E-state index < -0.39 is 0 Å². The maximum absolute atomic E-state index is 6.20. The molecule has 0 aromatic heterocycles. The molecule has 3 aromatic carbocycles. The first-order valence-corrected chi connectivity index (χ1v) is 10.3. The number of nitrogens with one attached hydrogen (secondary N) is 1. The summed E-state index contributed by atoms with van der Waals surface area (Å²) in [5, 5.41) is 4.87. The van der Waals surface area contributed by atoms with E-state index in [1.807, 2.05) is 60.7 Å². The number of ether oxygens (including phenoxy) is 2. The van der Waals surface area contributed by atoms with E-state index in [0.717, 1.165) is 26.2 Å². The zero-order chi connectivity index (χ0) is 19.9. The number of hydrogen-bond donors (Lipinski definition) is 1. The van der Waals surface area contributed by atoms with Gasteiger partial charge in [0.1, 0.15) is 6.61 Å². The van der Waals surface area contributed by atoms with Crippen molar-refractivity contribution in [3.8, 4) is 11.5 Å². The van der Waals surface area contributed by atoms with Gasteiger partial charge in [0.15, 0.2) is 11.5 Å². The number of methoxy groups -OCH3 is 1. The molecule has 6 heteroatoms. The fourth-order valence-electron chi connectivity index (χ4n) is 2.73. The monoisotopic (exact) mass is 479 g/mol. The summed E-state index contributed by atoms with van der Waals surface area (Å²) in [6.07, 6.45) is 0. The van der Waals surface area contributed by atoms with Crippen molar-refractivity contribution < 1.29 is 9.47 Å². The first kappa shape index (κ1) is 21.0. The van der Waals surface area contributed by atoms with Gasteiger partial charge in [0, 0.05) is 23.1 Å². The molecule has 0 spiro atoms. The van der Waals surface area contributed by atoms with Gasteiger partial charge in [-0.1, -0.05) is 53.5 Å². The van der Waals surface area contributed by atoms with Gasteiger partial charge >= 0.3 is 0 Å². The van der Waals surface area contributed by atoms with Crippen LogP contribution in [0.3, 0.4) is 0 Å². The Kier molecular flexibility index (Phi) is 7.63. The van der Waals surface area contributed by atoms with Gasteiger partial charge in [-0.15, -0.1) is 0 Å². The van der Waals surface area contributed by atoms with Crippen LogP contribution in [0.25, 0.3) is 0 Å². The highest BCUT2D eigenvalue weighted by atomic mass is 79.9. The minimum Gasteiger partial charge on any atom is -0.493 e. The van der Waals surface area contributed by atoms with Crippen molar-refractivity contribution in [3.05, 3.63) is 91.9 Å². The topological polar surface area (TPSA) is 30.5 Å². The van der Waals surface area contributed by atoms with Crippen LogP contribution in [0.2, 0.25) is 10.0 Å². The maximum atomic E-state index is 6.20. The molecule has 0 unspecified atom stereocenters. The normalized spacial score (nSPS) is 10.7. The van der Waals surface area contributed by atoms with Crippen LogP contribution in [0, 0.1) is 0 Å². The predicted molar refractivity (Wildman–Crippen MR) is 118 cm³/mol. The van der Waals surface area contributed by atoms with Crippen molar-refractivity contribution in [2.45, 2.75) is 19.7 Å². The maximum Gasteiger partial charge on any atom is 0.175 e. The van der Waals surface area contributed by atoms with Gasteiger partial charge in [-0.05, 0) is 63.0 Å². The molecule has 0 saturated heterocycles. The molecule has 0 saturated carbocycles. The molecule has 146 valence electrons. The molecular weight excluding hydrogens is 461 g/mol. The molecule has 0 heterocycles. The molecule has 0 amide bonds. The highest BCUT2D eigenvalue weighted by Gasteiger charge is 2.12. The van der Waals surface area contributed by atoms with Crippen molar-refractivity contribution in [2.24, 2.45) is 0 Å². The lowest BCUT2D eigenvalue weighted by Crippen LogP contribution is -2.13. The summed E-state index contributed by atoms with van der Waals surface area (Å²) in [5.41, 5.74) is 3.18. The molecule has 0 fully saturated rings. The van der Waals surface area contributed by atoms with Gasteiger partial charge in [-0.25, -0.2) is 0 Å². The molecule has 28 heavy (non-hydrogen) atoms. The van der Waals surface area contributed by atoms with Gasteiger partial charge in [0.05, 0.1) is 11.6 Å². The van der Waals surface area contributed by atoms with Crippen LogP contribution in [0.4, 0.5) is 0 Å². The van der Waals surface area contributed by atoms with Crippen LogP contribution in [-0.4, -0.2) is 7.11 Å². The minimum atomic E-state index is 0.427. The number of benzene rings is 3. The van der Waals surface area contributed by atoms with Crippen LogP contribution < -0.4 is 14.8 Å². The Morgan fingerprint density at radius 2 is 1.68 bits per heavy atom. The molecule has 0 atom stereocenters. The van der Waals surface area contributed by atoms with Gasteiger partial charge < -0.3 is 14.8 Å². The van der Waals surface area contributed by atoms with E-state index in [1.165, 1.54) is 0 Å². The third-order valence-electron chi connectivity index (χ3n) is 4.19. The molecule has 0 radical (unpaired) electrons. The highest BCUT2D eigenvalue weighted by molar-refractivity contribution is 9.10. The quantitative estimate of drug-likeness (QED) is 0.392. The number of halogens is 3. The zero-order valence-corrected chi connectivity index (χ0v) is 18.4. The molecule has 0 aliphatic rings. The first-order chi connectivity index (χ1) is 13.6. The first-order valence-electron chi connectivity index (χ1n) is 8.74. The van der Waals surface area contributed by atoms with Crippen molar-refractivity contribution >= 4 is 39.1 Å². The van der Waals surface area contributed by atoms with E-state index in [4.69, 9.17) is 32.7 Å². The molecule has 0 aliphatic carbocycles. The summed E-state index contributed by atoms with van der Waals surface area (Å²) in [5.74, 6) is 1.35. The van der Waals surface area contributed by atoms with Gasteiger partial charge in [-0.3, -0.25) is 0 Å². The minimum absolute atomic E-state index is 0.427. The van der Waals surface area contributed by atoms with Crippen LogP contribution in [0.1, 0.15) is 16.7 Å². The van der Waals surface area contributed by atoms with E-state index >= 15 is 0 Å². The van der Waals surface area contributed by atoms with Crippen LogP contribution in [-0.2, 0) is 19.7 Å².